The van der Waals surface area contributed by atoms with E-state index < -0.39 is 5.54 Å². The molecule has 2 atom stereocenters. The summed E-state index contributed by atoms with van der Waals surface area (Å²) in [5.41, 5.74) is 6.89. The van der Waals surface area contributed by atoms with Gasteiger partial charge in [0.25, 0.3) is 0 Å². The summed E-state index contributed by atoms with van der Waals surface area (Å²) in [6.45, 7) is 8.71. The predicted octanol–water partition coefficient (Wildman–Crippen LogP) is 5.95. The second-order valence-corrected chi connectivity index (χ2v) is 8.78. The van der Waals surface area contributed by atoms with E-state index >= 15 is 0 Å². The fourth-order valence-corrected chi connectivity index (χ4v) is 5.00. The number of fused-ring (bicyclic) bond motifs is 4. The number of aromatic amines is 1. The first kappa shape index (κ1) is 20.3. The minimum absolute atomic E-state index is 0.0412. The molecule has 2 aliphatic rings. The highest BCUT2D eigenvalue weighted by atomic mass is 16.1. The average molecular weight is 399 g/mol. The molecule has 0 spiro atoms. The van der Waals surface area contributed by atoms with E-state index in [1.807, 2.05) is 18.4 Å². The van der Waals surface area contributed by atoms with Crippen LogP contribution in [0.3, 0.4) is 0 Å². The number of nitrogens with one attached hydrogen (secondary N) is 1. The molecule has 154 valence electrons. The largest absolute Gasteiger partial charge is 0.326 e. The number of aromatic nitrogens is 1. The van der Waals surface area contributed by atoms with Crippen molar-refractivity contribution in [2.45, 2.75) is 52.0 Å². The fraction of sp³-hybridized carbons (Fsp3) is 0.333. The van der Waals surface area contributed by atoms with Crippen LogP contribution in [0, 0.1) is 5.92 Å². The first-order valence-electron chi connectivity index (χ1n) is 10.8. The molecule has 3 nitrogen and oxygen atoms in total. The van der Waals surface area contributed by atoms with Gasteiger partial charge in [-0.1, -0.05) is 61.9 Å². The van der Waals surface area contributed by atoms with Gasteiger partial charge in [-0.05, 0) is 55.0 Å². The second-order valence-electron chi connectivity index (χ2n) is 8.78. The lowest BCUT2D eigenvalue weighted by molar-refractivity contribution is 0.413. The normalized spacial score (nSPS) is 24.6. The van der Waals surface area contributed by atoms with Gasteiger partial charge in [-0.25, -0.2) is 0 Å². The SMILES string of the molecule is C/C=C1\C2C=C(C)CC1(N=C/C=C/c1cccc(C(C)C)c1)c1ccc(=O)[nH]c1C2. The van der Waals surface area contributed by atoms with Gasteiger partial charge in [-0.3, -0.25) is 9.79 Å². The minimum atomic E-state index is -0.430. The van der Waals surface area contributed by atoms with Crippen molar-refractivity contribution in [1.82, 2.24) is 4.98 Å². The summed E-state index contributed by atoms with van der Waals surface area (Å²) in [4.78, 5) is 20.1. The smallest absolute Gasteiger partial charge is 0.248 e. The quantitative estimate of drug-likeness (QED) is 0.502. The lowest BCUT2D eigenvalue weighted by Gasteiger charge is -2.45. The summed E-state index contributed by atoms with van der Waals surface area (Å²) >= 11 is 0. The molecule has 1 heterocycles. The van der Waals surface area contributed by atoms with Crippen LogP contribution < -0.4 is 5.56 Å². The molecule has 0 radical (unpaired) electrons. The number of nitrogens with zero attached hydrogens (tertiary/aromatic N) is 1. The maximum absolute atomic E-state index is 11.9. The molecule has 0 aliphatic heterocycles. The second kappa shape index (κ2) is 8.06. The molecule has 2 bridgehead atoms. The Hall–Kier alpha value is -2.94. The standard InChI is InChI=1S/C27H30N2O/c1-5-23-22-14-19(4)17-27(23,24-11-12-26(30)29-25(24)16-22)28-13-7-9-20-8-6-10-21(15-20)18(2)3/h5-15,18,22H,16-17H2,1-4H3,(H,29,30)/b9-7+,23-5+,28-13?. The van der Waals surface area contributed by atoms with Crippen LogP contribution in [-0.4, -0.2) is 11.2 Å². The molecule has 2 unspecified atom stereocenters. The Morgan fingerprint density at radius 2 is 2.07 bits per heavy atom. The zero-order valence-corrected chi connectivity index (χ0v) is 18.3. The first-order valence-corrected chi connectivity index (χ1v) is 10.8. The summed E-state index contributed by atoms with van der Waals surface area (Å²) in [5, 5.41) is 0. The van der Waals surface area contributed by atoms with Gasteiger partial charge in [0.15, 0.2) is 0 Å². The number of pyridine rings is 1. The van der Waals surface area contributed by atoms with E-state index in [9.17, 15) is 4.79 Å². The van der Waals surface area contributed by atoms with Crippen LogP contribution in [0.1, 0.15) is 62.4 Å². The van der Waals surface area contributed by atoms with Crippen LogP contribution in [-0.2, 0) is 12.0 Å². The number of rotatable bonds is 4. The van der Waals surface area contributed by atoms with E-state index in [0.29, 0.717) is 5.92 Å². The minimum Gasteiger partial charge on any atom is -0.326 e. The number of H-pyrrole nitrogens is 1. The number of benzene rings is 1. The molecule has 0 saturated heterocycles. The Labute approximate surface area is 179 Å². The van der Waals surface area contributed by atoms with E-state index in [4.69, 9.17) is 4.99 Å². The molecule has 2 aliphatic carbocycles. The maximum atomic E-state index is 11.9. The van der Waals surface area contributed by atoms with Crippen LogP contribution in [0.4, 0.5) is 0 Å². The molecule has 2 aromatic rings. The molecule has 0 fully saturated rings. The highest BCUT2D eigenvalue weighted by molar-refractivity contribution is 5.79. The van der Waals surface area contributed by atoms with Crippen LogP contribution >= 0.6 is 0 Å². The van der Waals surface area contributed by atoms with Crippen molar-refractivity contribution >= 4 is 12.3 Å². The van der Waals surface area contributed by atoms with Gasteiger partial charge in [-0.15, -0.1) is 0 Å². The number of aliphatic imine (C=N–C) groups is 1. The van der Waals surface area contributed by atoms with E-state index in [1.54, 1.807) is 6.07 Å². The highest BCUT2D eigenvalue weighted by Crippen LogP contribution is 2.51. The van der Waals surface area contributed by atoms with Crippen molar-refractivity contribution in [3.05, 3.63) is 98.5 Å². The molecular weight excluding hydrogens is 368 g/mol. The Kier molecular flexibility index (Phi) is 5.46. The van der Waals surface area contributed by atoms with E-state index in [1.165, 1.54) is 22.3 Å². The third-order valence-electron chi connectivity index (χ3n) is 6.33. The molecule has 1 aromatic heterocycles. The summed E-state index contributed by atoms with van der Waals surface area (Å²) in [5.74, 6) is 0.802. The number of hydrogen-bond acceptors (Lipinski definition) is 2. The average Bonchev–Trinajstić information content (AvgIpc) is 2.70. The molecule has 1 N–H and O–H groups in total. The molecule has 3 heteroatoms. The predicted molar refractivity (Wildman–Crippen MR) is 126 cm³/mol. The third kappa shape index (κ3) is 3.65. The van der Waals surface area contributed by atoms with Crippen LogP contribution in [0.15, 0.2) is 75.6 Å². The Bertz CT molecular complexity index is 1130. The van der Waals surface area contributed by atoms with Crippen molar-refractivity contribution in [2.75, 3.05) is 0 Å². The van der Waals surface area contributed by atoms with Crippen molar-refractivity contribution < 1.29 is 0 Å². The molecular formula is C27H30N2O. The molecule has 0 amide bonds. The summed E-state index contributed by atoms with van der Waals surface area (Å²) in [6.07, 6.45) is 12.3. The molecule has 30 heavy (non-hydrogen) atoms. The van der Waals surface area contributed by atoms with Gasteiger partial charge in [0.1, 0.15) is 5.54 Å². The summed E-state index contributed by atoms with van der Waals surface area (Å²) in [7, 11) is 0. The monoisotopic (exact) mass is 398 g/mol. The van der Waals surface area contributed by atoms with Gasteiger partial charge in [0, 0.05) is 35.9 Å². The van der Waals surface area contributed by atoms with Crippen LogP contribution in [0.25, 0.3) is 6.08 Å². The topological polar surface area (TPSA) is 45.2 Å². The van der Waals surface area contributed by atoms with Gasteiger partial charge >= 0.3 is 0 Å². The Balaban J connectivity index is 1.73. The number of hydrogen-bond donors (Lipinski definition) is 1. The van der Waals surface area contributed by atoms with Crippen LogP contribution in [0.2, 0.25) is 0 Å². The first-order chi connectivity index (χ1) is 14.4. The molecule has 0 saturated carbocycles. The summed E-state index contributed by atoms with van der Waals surface area (Å²) in [6, 6.07) is 12.2. The van der Waals surface area contributed by atoms with Gasteiger partial charge in [0.2, 0.25) is 5.56 Å². The van der Waals surface area contributed by atoms with Gasteiger partial charge in [-0.2, -0.15) is 0 Å². The van der Waals surface area contributed by atoms with Crippen molar-refractivity contribution in [2.24, 2.45) is 10.9 Å². The fourth-order valence-electron chi connectivity index (χ4n) is 5.00. The Morgan fingerprint density at radius 3 is 2.83 bits per heavy atom. The van der Waals surface area contributed by atoms with Crippen LogP contribution in [0.5, 0.6) is 0 Å². The van der Waals surface area contributed by atoms with Gasteiger partial charge < -0.3 is 4.98 Å². The summed E-state index contributed by atoms with van der Waals surface area (Å²) < 4.78 is 0. The van der Waals surface area contributed by atoms with E-state index in [0.717, 1.165) is 24.1 Å². The zero-order chi connectivity index (χ0) is 21.3. The highest BCUT2D eigenvalue weighted by Gasteiger charge is 2.46. The number of allylic oxidation sites excluding steroid dienone is 3. The molecule has 1 aromatic carbocycles. The third-order valence-corrected chi connectivity index (χ3v) is 6.33. The lowest BCUT2D eigenvalue weighted by Crippen LogP contribution is -2.40. The lowest BCUT2D eigenvalue weighted by atomic mass is 9.63. The Morgan fingerprint density at radius 1 is 1.23 bits per heavy atom. The van der Waals surface area contributed by atoms with Crippen molar-refractivity contribution in [3.63, 3.8) is 0 Å². The van der Waals surface area contributed by atoms with Gasteiger partial charge in [0.05, 0.1) is 0 Å². The van der Waals surface area contributed by atoms with E-state index in [2.05, 4.69) is 75.2 Å². The van der Waals surface area contributed by atoms with Crippen molar-refractivity contribution in [3.8, 4) is 0 Å². The van der Waals surface area contributed by atoms with Crippen molar-refractivity contribution in [1.29, 1.82) is 0 Å². The maximum Gasteiger partial charge on any atom is 0.248 e. The zero-order valence-electron chi connectivity index (χ0n) is 18.3. The van der Waals surface area contributed by atoms with E-state index in [-0.39, 0.29) is 11.5 Å². The molecule has 4 rings (SSSR count).